The molecule has 132 valence electrons. The second kappa shape index (κ2) is 6.76. The molecule has 1 aliphatic heterocycles. The Hall–Kier alpha value is -2.53. The highest BCUT2D eigenvalue weighted by Gasteiger charge is 2.22. The number of carbonyl (C=O) groups is 1. The molecular weight excluding hydrogens is 316 g/mol. The average molecular weight is 340 g/mol. The Labute approximate surface area is 148 Å². The number of rotatable bonds is 5. The van der Waals surface area contributed by atoms with E-state index < -0.39 is 5.54 Å². The van der Waals surface area contributed by atoms with Crippen LogP contribution in [0.4, 0.5) is 5.69 Å². The lowest BCUT2D eigenvalue weighted by molar-refractivity contribution is 0.0434. The number of anilines is 1. The highest BCUT2D eigenvalue weighted by Crippen LogP contribution is 2.37. The van der Waals surface area contributed by atoms with E-state index in [1.54, 1.807) is 19.2 Å². The van der Waals surface area contributed by atoms with Gasteiger partial charge in [0, 0.05) is 28.9 Å². The molecule has 1 aliphatic rings. The van der Waals surface area contributed by atoms with Gasteiger partial charge in [-0.25, -0.2) is 4.79 Å². The van der Waals surface area contributed by atoms with Crippen LogP contribution < -0.4 is 15.8 Å². The normalized spacial score (nSPS) is 13.1. The lowest BCUT2D eigenvalue weighted by Crippen LogP contribution is -2.38. The maximum atomic E-state index is 12.6. The van der Waals surface area contributed by atoms with Crippen LogP contribution >= 0.6 is 0 Å². The van der Waals surface area contributed by atoms with Crippen molar-refractivity contribution < 1.29 is 14.3 Å². The number of esters is 1. The van der Waals surface area contributed by atoms with Crippen molar-refractivity contribution in [2.75, 3.05) is 25.6 Å². The van der Waals surface area contributed by atoms with Gasteiger partial charge in [-0.1, -0.05) is 18.2 Å². The Morgan fingerprint density at radius 1 is 1.24 bits per heavy atom. The molecular formula is C20H24N2O3. The molecule has 0 saturated carbocycles. The highest BCUT2D eigenvalue weighted by molar-refractivity contribution is 6.00. The molecule has 0 unspecified atom stereocenters. The van der Waals surface area contributed by atoms with Gasteiger partial charge in [-0.05, 0) is 44.0 Å². The molecule has 0 amide bonds. The van der Waals surface area contributed by atoms with Crippen LogP contribution in [0.15, 0.2) is 36.4 Å². The summed E-state index contributed by atoms with van der Waals surface area (Å²) in [5, 5.41) is 3.41. The van der Waals surface area contributed by atoms with E-state index in [1.807, 2.05) is 32.0 Å². The minimum Gasteiger partial charge on any atom is -0.497 e. The SMILES string of the molecule is COc1ccc(C(=O)OCC(C)(C)N)c(-c2cccc3c2NCC3)c1. The van der Waals surface area contributed by atoms with E-state index in [4.69, 9.17) is 15.2 Å². The van der Waals surface area contributed by atoms with Crippen molar-refractivity contribution in [3.63, 3.8) is 0 Å². The Morgan fingerprint density at radius 3 is 2.76 bits per heavy atom. The number of carbonyl (C=O) groups excluding carboxylic acids is 1. The van der Waals surface area contributed by atoms with Crippen LogP contribution in [0.5, 0.6) is 5.75 Å². The second-order valence-electron chi connectivity index (χ2n) is 6.99. The molecule has 5 nitrogen and oxygen atoms in total. The number of hydrogen-bond acceptors (Lipinski definition) is 5. The molecule has 0 aromatic heterocycles. The van der Waals surface area contributed by atoms with E-state index in [0.29, 0.717) is 11.3 Å². The van der Waals surface area contributed by atoms with Crippen LogP contribution in [-0.2, 0) is 11.2 Å². The number of ether oxygens (including phenoxy) is 2. The van der Waals surface area contributed by atoms with Gasteiger partial charge in [-0.2, -0.15) is 0 Å². The number of methoxy groups -OCH3 is 1. The van der Waals surface area contributed by atoms with Gasteiger partial charge in [0.15, 0.2) is 0 Å². The quantitative estimate of drug-likeness (QED) is 0.818. The lowest BCUT2D eigenvalue weighted by atomic mass is 9.96. The highest BCUT2D eigenvalue weighted by atomic mass is 16.5. The molecule has 0 spiro atoms. The largest absolute Gasteiger partial charge is 0.497 e. The van der Waals surface area contributed by atoms with E-state index in [9.17, 15) is 4.79 Å². The van der Waals surface area contributed by atoms with Crippen molar-refractivity contribution in [2.24, 2.45) is 5.73 Å². The smallest absolute Gasteiger partial charge is 0.338 e. The second-order valence-corrected chi connectivity index (χ2v) is 6.99. The summed E-state index contributed by atoms with van der Waals surface area (Å²) in [7, 11) is 1.61. The first-order chi connectivity index (χ1) is 11.9. The predicted octanol–water partition coefficient (Wildman–Crippen LogP) is 3.22. The maximum Gasteiger partial charge on any atom is 0.338 e. The van der Waals surface area contributed by atoms with E-state index in [0.717, 1.165) is 29.8 Å². The van der Waals surface area contributed by atoms with Gasteiger partial charge in [-0.15, -0.1) is 0 Å². The third-order valence-electron chi connectivity index (χ3n) is 4.16. The van der Waals surface area contributed by atoms with E-state index >= 15 is 0 Å². The predicted molar refractivity (Wildman–Crippen MR) is 99.2 cm³/mol. The van der Waals surface area contributed by atoms with Crippen LogP contribution in [0.2, 0.25) is 0 Å². The molecule has 0 atom stereocenters. The number of para-hydroxylation sites is 1. The van der Waals surface area contributed by atoms with Gasteiger partial charge in [0.2, 0.25) is 0 Å². The van der Waals surface area contributed by atoms with Crippen LogP contribution in [0.3, 0.4) is 0 Å². The first-order valence-corrected chi connectivity index (χ1v) is 8.39. The zero-order valence-electron chi connectivity index (χ0n) is 14.9. The summed E-state index contributed by atoms with van der Waals surface area (Å²) in [5.41, 5.74) is 9.96. The van der Waals surface area contributed by atoms with E-state index in [2.05, 4.69) is 11.4 Å². The van der Waals surface area contributed by atoms with Gasteiger partial charge < -0.3 is 20.5 Å². The zero-order valence-corrected chi connectivity index (χ0v) is 14.9. The Morgan fingerprint density at radius 2 is 2.04 bits per heavy atom. The van der Waals surface area contributed by atoms with Gasteiger partial charge in [-0.3, -0.25) is 0 Å². The molecule has 2 aromatic rings. The van der Waals surface area contributed by atoms with Crippen LogP contribution in [-0.4, -0.2) is 31.8 Å². The maximum absolute atomic E-state index is 12.6. The third kappa shape index (κ3) is 3.77. The summed E-state index contributed by atoms with van der Waals surface area (Å²) in [4.78, 5) is 12.6. The number of benzene rings is 2. The molecule has 3 rings (SSSR count). The van der Waals surface area contributed by atoms with Crippen molar-refractivity contribution in [1.29, 1.82) is 0 Å². The Bertz CT molecular complexity index is 794. The topological polar surface area (TPSA) is 73.6 Å². The van der Waals surface area contributed by atoms with E-state index in [1.165, 1.54) is 5.56 Å². The standard InChI is InChI=1S/C20H24N2O3/c1-20(2,21)12-25-19(23)16-8-7-14(24-3)11-17(16)15-6-4-5-13-9-10-22-18(13)15/h4-8,11,22H,9-10,12,21H2,1-3H3. The minimum absolute atomic E-state index is 0.155. The molecule has 0 saturated heterocycles. The molecule has 0 radical (unpaired) electrons. The summed E-state index contributed by atoms with van der Waals surface area (Å²) in [6, 6.07) is 11.5. The number of fused-ring (bicyclic) bond motifs is 1. The average Bonchev–Trinajstić information content (AvgIpc) is 3.07. The molecule has 1 heterocycles. The summed E-state index contributed by atoms with van der Waals surface area (Å²) >= 11 is 0. The molecule has 5 heteroatoms. The summed E-state index contributed by atoms with van der Waals surface area (Å²) in [5.74, 6) is 0.313. The monoisotopic (exact) mass is 340 g/mol. The van der Waals surface area contributed by atoms with Crippen molar-refractivity contribution in [3.8, 4) is 16.9 Å². The van der Waals surface area contributed by atoms with Crippen LogP contribution in [0.25, 0.3) is 11.1 Å². The number of hydrogen-bond donors (Lipinski definition) is 2. The fourth-order valence-corrected chi connectivity index (χ4v) is 2.94. The summed E-state index contributed by atoms with van der Waals surface area (Å²) in [6.45, 7) is 4.70. The molecule has 25 heavy (non-hydrogen) atoms. The molecule has 3 N–H and O–H groups in total. The first kappa shape index (κ1) is 17.3. The van der Waals surface area contributed by atoms with Crippen molar-refractivity contribution in [2.45, 2.75) is 25.8 Å². The van der Waals surface area contributed by atoms with Crippen molar-refractivity contribution >= 4 is 11.7 Å². The molecule has 0 bridgehead atoms. The fraction of sp³-hybridized carbons (Fsp3) is 0.350. The molecule has 2 aromatic carbocycles. The number of nitrogens with two attached hydrogens (primary N) is 1. The van der Waals surface area contributed by atoms with Crippen LogP contribution in [0.1, 0.15) is 29.8 Å². The lowest BCUT2D eigenvalue weighted by Gasteiger charge is -2.19. The van der Waals surface area contributed by atoms with Gasteiger partial charge in [0.1, 0.15) is 12.4 Å². The molecule has 0 fully saturated rings. The summed E-state index contributed by atoms with van der Waals surface area (Å²) < 4.78 is 10.8. The summed E-state index contributed by atoms with van der Waals surface area (Å²) in [6.07, 6.45) is 0.980. The third-order valence-corrected chi connectivity index (χ3v) is 4.16. The Kier molecular flexibility index (Phi) is 4.68. The van der Waals surface area contributed by atoms with Gasteiger partial charge in [0.25, 0.3) is 0 Å². The van der Waals surface area contributed by atoms with E-state index in [-0.39, 0.29) is 12.6 Å². The van der Waals surface area contributed by atoms with Gasteiger partial charge >= 0.3 is 5.97 Å². The first-order valence-electron chi connectivity index (χ1n) is 8.39. The minimum atomic E-state index is -0.572. The van der Waals surface area contributed by atoms with Crippen molar-refractivity contribution in [1.82, 2.24) is 0 Å². The van der Waals surface area contributed by atoms with Crippen LogP contribution in [0, 0.1) is 0 Å². The fourth-order valence-electron chi connectivity index (χ4n) is 2.94. The zero-order chi connectivity index (χ0) is 18.0. The Balaban J connectivity index is 2.03. The van der Waals surface area contributed by atoms with Gasteiger partial charge in [0.05, 0.1) is 12.7 Å². The number of nitrogens with one attached hydrogen (secondary N) is 1. The van der Waals surface area contributed by atoms with Crippen molar-refractivity contribution in [3.05, 3.63) is 47.5 Å². The molecule has 0 aliphatic carbocycles.